The van der Waals surface area contributed by atoms with E-state index in [-0.39, 0.29) is 54.1 Å². The van der Waals surface area contributed by atoms with Gasteiger partial charge in [0.15, 0.2) is 5.96 Å². The van der Waals surface area contributed by atoms with Gasteiger partial charge in [-0.2, -0.15) is 0 Å². The van der Waals surface area contributed by atoms with E-state index >= 15 is 0 Å². The molecule has 3 N–H and O–H groups in total. The average Bonchev–Trinajstić information content (AvgIpc) is 2.54. The molecule has 0 aromatic heterocycles. The van der Waals surface area contributed by atoms with Crippen molar-refractivity contribution < 1.29 is 14.3 Å². The number of rotatable bonds is 5. The molecule has 0 spiro atoms. The molecule has 8 nitrogen and oxygen atoms in total. The van der Waals surface area contributed by atoms with Crippen LogP contribution in [0.5, 0.6) is 0 Å². The number of likely N-dealkylation sites (tertiary alicyclic amines) is 1. The van der Waals surface area contributed by atoms with Crippen LogP contribution in [0, 0.1) is 0 Å². The van der Waals surface area contributed by atoms with Crippen LogP contribution in [0.1, 0.15) is 67.7 Å². The maximum Gasteiger partial charge on any atom is 0.410 e. The number of hydrogen-bond donors (Lipinski definition) is 3. The van der Waals surface area contributed by atoms with Gasteiger partial charge < -0.3 is 25.6 Å². The summed E-state index contributed by atoms with van der Waals surface area (Å²) in [5, 5.41) is 9.31. The Morgan fingerprint density at radius 3 is 2.31 bits per heavy atom. The molecule has 0 aliphatic carbocycles. The molecule has 0 radical (unpaired) electrons. The third kappa shape index (κ3) is 12.1. The van der Waals surface area contributed by atoms with Crippen LogP contribution in [0.4, 0.5) is 4.79 Å². The SMILES string of the molecule is CCNC(=NCC(=O)NC(C)(C)C)NCC1CCCCN1C(=O)OC(C)(C)C.I. The summed E-state index contributed by atoms with van der Waals surface area (Å²) >= 11 is 0. The number of carbonyl (C=O) groups excluding carboxylic acids is 2. The number of hydrogen-bond acceptors (Lipinski definition) is 4. The lowest BCUT2D eigenvalue weighted by Gasteiger charge is -2.37. The van der Waals surface area contributed by atoms with Crippen molar-refractivity contribution in [1.82, 2.24) is 20.9 Å². The Hall–Kier alpha value is -1.26. The molecule has 1 atom stereocenters. The smallest absolute Gasteiger partial charge is 0.410 e. The van der Waals surface area contributed by atoms with Crippen molar-refractivity contribution in [2.75, 3.05) is 26.2 Å². The van der Waals surface area contributed by atoms with Gasteiger partial charge in [-0.3, -0.25) is 4.79 Å². The number of amides is 2. The molecular weight excluding hydrogens is 485 g/mol. The first kappa shape index (κ1) is 27.7. The van der Waals surface area contributed by atoms with Crippen LogP contribution in [0.15, 0.2) is 4.99 Å². The molecule has 1 saturated heterocycles. The molecule has 170 valence electrons. The summed E-state index contributed by atoms with van der Waals surface area (Å²) in [5.41, 5.74) is -0.794. The molecule has 1 aliphatic rings. The van der Waals surface area contributed by atoms with Crippen molar-refractivity contribution in [3.05, 3.63) is 0 Å². The number of guanidine groups is 1. The summed E-state index contributed by atoms with van der Waals surface area (Å²) in [5.74, 6) is 0.444. The number of aliphatic imine (C=N–C) groups is 1. The number of halogens is 1. The van der Waals surface area contributed by atoms with Crippen molar-refractivity contribution in [2.24, 2.45) is 4.99 Å². The highest BCUT2D eigenvalue weighted by molar-refractivity contribution is 14.0. The van der Waals surface area contributed by atoms with Gasteiger partial charge in [-0.25, -0.2) is 9.79 Å². The molecule has 1 unspecified atom stereocenters. The monoisotopic (exact) mass is 525 g/mol. The molecule has 9 heteroatoms. The third-order valence-electron chi connectivity index (χ3n) is 4.00. The summed E-state index contributed by atoms with van der Waals surface area (Å²) in [6.45, 7) is 15.4. The van der Waals surface area contributed by atoms with E-state index in [2.05, 4.69) is 20.9 Å². The maximum atomic E-state index is 12.5. The van der Waals surface area contributed by atoms with E-state index in [1.807, 2.05) is 48.5 Å². The van der Waals surface area contributed by atoms with Crippen LogP contribution in [0.2, 0.25) is 0 Å². The van der Waals surface area contributed by atoms with Crippen LogP contribution in [-0.2, 0) is 9.53 Å². The number of nitrogens with zero attached hydrogens (tertiary/aromatic N) is 2. The predicted octanol–water partition coefficient (Wildman–Crippen LogP) is 2.86. The second-order valence-electron chi connectivity index (χ2n) is 9.20. The fourth-order valence-electron chi connectivity index (χ4n) is 2.94. The van der Waals surface area contributed by atoms with Crippen LogP contribution in [-0.4, -0.2) is 66.2 Å². The Labute approximate surface area is 193 Å². The molecule has 0 aromatic rings. The number of nitrogens with one attached hydrogen (secondary N) is 3. The van der Waals surface area contributed by atoms with Gasteiger partial charge in [0.2, 0.25) is 5.91 Å². The molecule has 2 amide bonds. The van der Waals surface area contributed by atoms with Gasteiger partial charge in [0.25, 0.3) is 0 Å². The fraction of sp³-hybridized carbons (Fsp3) is 0.850. The standard InChI is InChI=1S/C20H39N5O3.HI/c1-8-21-17(23-14-16(26)24-19(2,3)4)22-13-15-11-9-10-12-25(15)18(27)28-20(5,6)7;/h15H,8-14H2,1-7H3,(H,24,26)(H2,21,22,23);1H. The zero-order chi connectivity index (χ0) is 21.4. The van der Waals surface area contributed by atoms with Crippen LogP contribution in [0.25, 0.3) is 0 Å². The fourth-order valence-corrected chi connectivity index (χ4v) is 2.94. The minimum Gasteiger partial charge on any atom is -0.444 e. The highest BCUT2D eigenvalue weighted by atomic mass is 127. The number of piperidine rings is 1. The first-order chi connectivity index (χ1) is 12.9. The Morgan fingerprint density at radius 2 is 1.76 bits per heavy atom. The van der Waals surface area contributed by atoms with Crippen molar-refractivity contribution >= 4 is 41.9 Å². The summed E-state index contributed by atoms with van der Waals surface area (Å²) < 4.78 is 5.55. The quantitative estimate of drug-likeness (QED) is 0.292. The first-order valence-electron chi connectivity index (χ1n) is 10.2. The lowest BCUT2D eigenvalue weighted by atomic mass is 10.0. The van der Waals surface area contributed by atoms with Gasteiger partial charge in [-0.1, -0.05) is 0 Å². The Morgan fingerprint density at radius 1 is 1.10 bits per heavy atom. The topological polar surface area (TPSA) is 95.1 Å². The van der Waals surface area contributed by atoms with Crippen LogP contribution in [0.3, 0.4) is 0 Å². The lowest BCUT2D eigenvalue weighted by Crippen LogP contribution is -2.52. The van der Waals surface area contributed by atoms with E-state index in [1.165, 1.54) is 0 Å². The Kier molecular flexibility index (Phi) is 11.9. The predicted molar refractivity (Wildman–Crippen MR) is 128 cm³/mol. The Bertz CT molecular complexity index is 555. The molecule has 0 bridgehead atoms. The van der Waals surface area contributed by atoms with Crippen LogP contribution >= 0.6 is 24.0 Å². The first-order valence-corrected chi connectivity index (χ1v) is 10.2. The summed E-state index contributed by atoms with van der Waals surface area (Å²) in [7, 11) is 0. The zero-order valence-corrected chi connectivity index (χ0v) is 21.4. The molecule has 29 heavy (non-hydrogen) atoms. The van der Waals surface area contributed by atoms with Gasteiger partial charge in [0.05, 0.1) is 6.04 Å². The molecule has 0 saturated carbocycles. The van der Waals surface area contributed by atoms with E-state index in [9.17, 15) is 9.59 Å². The van der Waals surface area contributed by atoms with E-state index in [4.69, 9.17) is 4.74 Å². The molecule has 1 fully saturated rings. The molecule has 1 rings (SSSR count). The third-order valence-corrected chi connectivity index (χ3v) is 4.00. The van der Waals surface area contributed by atoms with E-state index in [0.29, 0.717) is 25.6 Å². The summed E-state index contributed by atoms with van der Waals surface area (Å²) in [4.78, 5) is 30.7. The second kappa shape index (κ2) is 12.4. The summed E-state index contributed by atoms with van der Waals surface area (Å²) in [6, 6.07) is 0.0378. The van der Waals surface area contributed by atoms with Gasteiger partial charge in [-0.05, 0) is 67.7 Å². The normalized spacial score (nSPS) is 17.8. The molecule has 1 aliphatic heterocycles. The highest BCUT2D eigenvalue weighted by Crippen LogP contribution is 2.20. The van der Waals surface area contributed by atoms with Gasteiger partial charge >= 0.3 is 6.09 Å². The summed E-state index contributed by atoms with van der Waals surface area (Å²) in [6.07, 6.45) is 2.70. The zero-order valence-electron chi connectivity index (χ0n) is 19.1. The number of ether oxygens (including phenoxy) is 1. The van der Waals surface area contributed by atoms with E-state index < -0.39 is 5.60 Å². The average molecular weight is 525 g/mol. The van der Waals surface area contributed by atoms with Crippen molar-refractivity contribution in [2.45, 2.75) is 84.9 Å². The minimum absolute atomic E-state index is 0. The van der Waals surface area contributed by atoms with Crippen LogP contribution < -0.4 is 16.0 Å². The van der Waals surface area contributed by atoms with Crippen molar-refractivity contribution in [1.29, 1.82) is 0 Å². The maximum absolute atomic E-state index is 12.5. The Balaban J connectivity index is 0.00000784. The van der Waals surface area contributed by atoms with E-state index in [1.54, 1.807) is 4.90 Å². The second-order valence-corrected chi connectivity index (χ2v) is 9.20. The van der Waals surface area contributed by atoms with Crippen molar-refractivity contribution in [3.8, 4) is 0 Å². The highest BCUT2D eigenvalue weighted by Gasteiger charge is 2.30. The lowest BCUT2D eigenvalue weighted by molar-refractivity contribution is -0.121. The molecule has 1 heterocycles. The molecular formula is C20H40IN5O3. The van der Waals surface area contributed by atoms with E-state index in [0.717, 1.165) is 19.3 Å². The number of carbonyl (C=O) groups is 2. The molecule has 0 aromatic carbocycles. The van der Waals surface area contributed by atoms with Crippen molar-refractivity contribution in [3.63, 3.8) is 0 Å². The minimum atomic E-state index is -0.511. The van der Waals surface area contributed by atoms with Gasteiger partial charge in [-0.15, -0.1) is 24.0 Å². The van der Waals surface area contributed by atoms with Gasteiger partial charge in [0, 0.05) is 25.2 Å². The van der Waals surface area contributed by atoms with Gasteiger partial charge in [0.1, 0.15) is 12.1 Å². The largest absolute Gasteiger partial charge is 0.444 e.